The van der Waals surface area contributed by atoms with Crippen molar-refractivity contribution in [3.05, 3.63) is 79.0 Å². The zero-order chi connectivity index (χ0) is 22.2. The molecule has 1 N–H and O–H groups in total. The van der Waals surface area contributed by atoms with E-state index in [0.717, 1.165) is 17.1 Å². The lowest BCUT2D eigenvalue weighted by Gasteiger charge is -2.13. The van der Waals surface area contributed by atoms with E-state index in [1.165, 1.54) is 25.5 Å². The lowest BCUT2D eigenvalue weighted by atomic mass is 10.0. The molecule has 0 fully saturated rings. The first kappa shape index (κ1) is 19.6. The molecular formula is C23H15F2N5O2. The van der Waals surface area contributed by atoms with Gasteiger partial charge < -0.3 is 9.84 Å². The van der Waals surface area contributed by atoms with Gasteiger partial charge in [0.05, 0.1) is 11.0 Å². The van der Waals surface area contributed by atoms with Crippen molar-refractivity contribution < 1.29 is 18.1 Å². The predicted octanol–water partition coefficient (Wildman–Crippen LogP) is 4.98. The van der Waals surface area contributed by atoms with Crippen molar-refractivity contribution in [1.29, 1.82) is 0 Å². The molecule has 3 aromatic carbocycles. The molecule has 0 atom stereocenters. The highest BCUT2D eigenvalue weighted by atomic mass is 19.1. The third kappa shape index (κ3) is 3.60. The summed E-state index contributed by atoms with van der Waals surface area (Å²) in [6.45, 7) is 1.39. The quantitative estimate of drug-likeness (QED) is 0.434. The molecule has 5 aromatic rings. The Balaban J connectivity index is 1.65. The minimum absolute atomic E-state index is 0.212. The summed E-state index contributed by atoms with van der Waals surface area (Å²) in [6.07, 6.45) is 2.88. The van der Waals surface area contributed by atoms with Crippen LogP contribution in [0.2, 0.25) is 0 Å². The topological polar surface area (TPSA) is 85.8 Å². The highest BCUT2D eigenvalue weighted by Gasteiger charge is 2.13. The van der Waals surface area contributed by atoms with Gasteiger partial charge in [-0.3, -0.25) is 9.36 Å². The number of carbonyl (C=O) groups is 1. The van der Waals surface area contributed by atoms with E-state index in [0.29, 0.717) is 28.3 Å². The molecule has 0 aliphatic heterocycles. The van der Waals surface area contributed by atoms with Gasteiger partial charge in [-0.15, -0.1) is 0 Å². The highest BCUT2D eigenvalue weighted by molar-refractivity contribution is 5.91. The number of halogens is 2. The number of amides is 1. The number of benzene rings is 3. The van der Waals surface area contributed by atoms with Crippen molar-refractivity contribution in [2.24, 2.45) is 0 Å². The van der Waals surface area contributed by atoms with Crippen molar-refractivity contribution in [3.8, 4) is 28.2 Å². The van der Waals surface area contributed by atoms with E-state index in [4.69, 9.17) is 4.52 Å². The molecule has 1 amide bonds. The van der Waals surface area contributed by atoms with Crippen molar-refractivity contribution in [2.75, 3.05) is 5.32 Å². The highest BCUT2D eigenvalue weighted by Crippen LogP contribution is 2.31. The van der Waals surface area contributed by atoms with Crippen LogP contribution in [0.4, 0.5) is 14.5 Å². The van der Waals surface area contributed by atoms with Crippen LogP contribution < -0.4 is 5.32 Å². The molecule has 0 spiro atoms. The summed E-state index contributed by atoms with van der Waals surface area (Å²) < 4.78 is 34.5. The fraction of sp³-hybridized carbons (Fsp3) is 0.0435. The number of imidazole rings is 1. The number of anilines is 1. The van der Waals surface area contributed by atoms with E-state index in [1.807, 2.05) is 22.8 Å². The second-order valence-electron chi connectivity index (χ2n) is 7.15. The fourth-order valence-electron chi connectivity index (χ4n) is 3.56. The molecule has 0 unspecified atom stereocenters. The number of aromatic nitrogens is 4. The third-order valence-corrected chi connectivity index (χ3v) is 4.93. The third-order valence-electron chi connectivity index (χ3n) is 4.93. The number of hydrogen-bond donors (Lipinski definition) is 1. The van der Waals surface area contributed by atoms with Gasteiger partial charge in [0.1, 0.15) is 18.0 Å². The molecule has 2 aromatic heterocycles. The van der Waals surface area contributed by atoms with Crippen molar-refractivity contribution in [2.45, 2.75) is 6.92 Å². The number of fused-ring (bicyclic) bond motifs is 1. The standard InChI is InChI=1S/C23H15F2N5O2/c1-13(31)28-17-6-15(19-4-3-16(24)9-20(19)25)7-18(10-17)30-11-26-21-8-14(2-5-22(21)30)23-27-12-32-29-23/h2-12H,1H3,(H,28,31). The van der Waals surface area contributed by atoms with E-state index in [9.17, 15) is 13.6 Å². The number of hydrogen-bond acceptors (Lipinski definition) is 5. The summed E-state index contributed by atoms with van der Waals surface area (Å²) in [5, 5.41) is 6.56. The van der Waals surface area contributed by atoms with Crippen LogP contribution in [0.25, 0.3) is 39.2 Å². The smallest absolute Gasteiger partial charge is 0.221 e. The number of carbonyl (C=O) groups excluding carboxylic acids is 1. The van der Waals surface area contributed by atoms with Gasteiger partial charge in [0, 0.05) is 35.5 Å². The van der Waals surface area contributed by atoms with Crippen molar-refractivity contribution in [1.82, 2.24) is 19.7 Å². The van der Waals surface area contributed by atoms with Gasteiger partial charge in [-0.05, 0) is 54.1 Å². The van der Waals surface area contributed by atoms with Gasteiger partial charge in [0.25, 0.3) is 0 Å². The summed E-state index contributed by atoms with van der Waals surface area (Å²) in [5.41, 5.74) is 4.02. The van der Waals surface area contributed by atoms with Crippen molar-refractivity contribution >= 4 is 22.6 Å². The summed E-state index contributed by atoms with van der Waals surface area (Å²) in [7, 11) is 0. The normalized spacial score (nSPS) is 11.1. The van der Waals surface area contributed by atoms with Gasteiger partial charge in [-0.2, -0.15) is 4.98 Å². The average molecular weight is 431 g/mol. The Labute approximate surface area is 180 Å². The Hall–Kier alpha value is -4.40. The lowest BCUT2D eigenvalue weighted by molar-refractivity contribution is -0.114. The van der Waals surface area contributed by atoms with E-state index in [1.54, 1.807) is 24.5 Å². The van der Waals surface area contributed by atoms with Crippen LogP contribution in [0.15, 0.2) is 71.8 Å². The van der Waals surface area contributed by atoms with E-state index in [-0.39, 0.29) is 11.5 Å². The first-order chi connectivity index (χ1) is 15.5. The largest absolute Gasteiger partial charge is 0.342 e. The molecule has 0 radical (unpaired) electrons. The molecule has 32 heavy (non-hydrogen) atoms. The van der Waals surface area contributed by atoms with E-state index in [2.05, 4.69) is 20.4 Å². The van der Waals surface area contributed by atoms with Crippen molar-refractivity contribution in [3.63, 3.8) is 0 Å². The van der Waals surface area contributed by atoms with Crippen LogP contribution in [0, 0.1) is 11.6 Å². The Morgan fingerprint density at radius 2 is 1.88 bits per heavy atom. The van der Waals surface area contributed by atoms with Gasteiger partial charge in [-0.25, -0.2) is 13.8 Å². The number of nitrogens with zero attached hydrogens (tertiary/aromatic N) is 4. The molecule has 5 rings (SSSR count). The Kier molecular flexibility index (Phi) is 4.70. The maximum Gasteiger partial charge on any atom is 0.221 e. The second kappa shape index (κ2) is 7.69. The molecule has 0 bridgehead atoms. The van der Waals surface area contributed by atoms with Crippen LogP contribution in [-0.4, -0.2) is 25.6 Å². The minimum Gasteiger partial charge on any atom is -0.342 e. The van der Waals surface area contributed by atoms with Gasteiger partial charge in [-0.1, -0.05) is 5.16 Å². The average Bonchev–Trinajstić information content (AvgIpc) is 3.42. The molecule has 0 aliphatic rings. The first-order valence-electron chi connectivity index (χ1n) is 9.60. The monoisotopic (exact) mass is 431 g/mol. The number of rotatable bonds is 4. The second-order valence-corrected chi connectivity index (χ2v) is 7.15. The fourth-order valence-corrected chi connectivity index (χ4v) is 3.56. The molecular weight excluding hydrogens is 416 g/mol. The number of nitrogens with one attached hydrogen (secondary N) is 1. The molecule has 2 heterocycles. The maximum atomic E-state index is 14.5. The van der Waals surface area contributed by atoms with Gasteiger partial charge >= 0.3 is 0 Å². The zero-order valence-electron chi connectivity index (χ0n) is 16.7. The maximum absolute atomic E-state index is 14.5. The van der Waals surface area contributed by atoms with Crippen LogP contribution >= 0.6 is 0 Å². The summed E-state index contributed by atoms with van der Waals surface area (Å²) >= 11 is 0. The molecule has 7 nitrogen and oxygen atoms in total. The van der Waals surface area contributed by atoms with Crippen LogP contribution in [0.1, 0.15) is 6.92 Å². The molecule has 158 valence electrons. The van der Waals surface area contributed by atoms with E-state index >= 15 is 0 Å². The molecule has 0 saturated carbocycles. The summed E-state index contributed by atoms with van der Waals surface area (Å²) in [5.74, 6) is -1.19. The Morgan fingerprint density at radius 3 is 2.62 bits per heavy atom. The predicted molar refractivity (Wildman–Crippen MR) is 114 cm³/mol. The first-order valence-corrected chi connectivity index (χ1v) is 9.60. The van der Waals surface area contributed by atoms with Crippen LogP contribution in [0.3, 0.4) is 0 Å². The Morgan fingerprint density at radius 1 is 1.00 bits per heavy atom. The molecule has 0 aliphatic carbocycles. The lowest BCUT2D eigenvalue weighted by Crippen LogP contribution is -2.07. The minimum atomic E-state index is -0.698. The summed E-state index contributed by atoms with van der Waals surface area (Å²) in [6, 6.07) is 14.0. The summed E-state index contributed by atoms with van der Waals surface area (Å²) in [4.78, 5) is 20.2. The van der Waals surface area contributed by atoms with Crippen LogP contribution in [0.5, 0.6) is 0 Å². The van der Waals surface area contributed by atoms with Gasteiger partial charge in [0.2, 0.25) is 18.1 Å². The molecule has 9 heteroatoms. The SMILES string of the molecule is CC(=O)Nc1cc(-c2ccc(F)cc2F)cc(-n2cnc3cc(-c4ncon4)ccc32)c1. The Bertz CT molecular complexity index is 1460. The van der Waals surface area contributed by atoms with Gasteiger partial charge in [0.15, 0.2) is 0 Å². The molecule has 0 saturated heterocycles. The van der Waals surface area contributed by atoms with Crippen LogP contribution in [-0.2, 0) is 4.79 Å². The zero-order valence-corrected chi connectivity index (χ0v) is 16.7. The van der Waals surface area contributed by atoms with E-state index < -0.39 is 11.6 Å².